The Morgan fingerprint density at radius 1 is 1.24 bits per heavy atom. The van der Waals surface area contributed by atoms with E-state index in [0.717, 1.165) is 28.1 Å². The zero-order valence-electron chi connectivity index (χ0n) is 9.60. The molecule has 3 aromatic rings. The van der Waals surface area contributed by atoms with Gasteiger partial charge in [0.25, 0.3) is 0 Å². The molecule has 0 aliphatic heterocycles. The average molecular weight is 222 g/mol. The van der Waals surface area contributed by atoms with Gasteiger partial charge in [-0.3, -0.25) is 4.40 Å². The standard InChI is InChI=1S/C13H10N4/c1-8-7-17-9(2)16-12-5-10(6-14)3-4-11(12)13(17)15-8/h3-5,7H,1-2H3. The van der Waals surface area contributed by atoms with Crippen molar-refractivity contribution in [3.63, 3.8) is 0 Å². The highest BCUT2D eigenvalue weighted by molar-refractivity contribution is 5.92. The maximum atomic E-state index is 8.89. The molecule has 2 aromatic heterocycles. The SMILES string of the molecule is Cc1cn2c(C)nc3cc(C#N)ccc3c2n1. The Kier molecular flexibility index (Phi) is 1.89. The number of hydrogen-bond acceptors (Lipinski definition) is 3. The molecule has 1 aromatic carbocycles. The molecule has 0 saturated carbocycles. The molecule has 0 spiro atoms. The zero-order valence-corrected chi connectivity index (χ0v) is 9.60. The number of benzene rings is 1. The van der Waals surface area contributed by atoms with Crippen LogP contribution in [0.2, 0.25) is 0 Å². The number of fused-ring (bicyclic) bond motifs is 3. The van der Waals surface area contributed by atoms with Crippen LogP contribution in [0, 0.1) is 25.2 Å². The van der Waals surface area contributed by atoms with Crippen molar-refractivity contribution in [2.75, 3.05) is 0 Å². The maximum absolute atomic E-state index is 8.89. The van der Waals surface area contributed by atoms with Gasteiger partial charge in [-0.05, 0) is 32.0 Å². The summed E-state index contributed by atoms with van der Waals surface area (Å²) in [5.41, 5.74) is 3.30. The van der Waals surface area contributed by atoms with Crippen LogP contribution in [0.3, 0.4) is 0 Å². The smallest absolute Gasteiger partial charge is 0.147 e. The number of imidazole rings is 1. The van der Waals surface area contributed by atoms with Crippen LogP contribution in [0.25, 0.3) is 16.6 Å². The quantitative estimate of drug-likeness (QED) is 0.586. The van der Waals surface area contributed by atoms with Gasteiger partial charge < -0.3 is 0 Å². The molecule has 0 aliphatic rings. The van der Waals surface area contributed by atoms with Crippen LogP contribution in [0.15, 0.2) is 24.4 Å². The van der Waals surface area contributed by atoms with Gasteiger partial charge in [0.2, 0.25) is 0 Å². The first-order valence-corrected chi connectivity index (χ1v) is 5.35. The van der Waals surface area contributed by atoms with Gasteiger partial charge in [0.1, 0.15) is 11.5 Å². The summed E-state index contributed by atoms with van der Waals surface area (Å²) in [6.45, 7) is 3.90. The van der Waals surface area contributed by atoms with E-state index in [1.165, 1.54) is 0 Å². The third-order valence-electron chi connectivity index (χ3n) is 2.83. The van der Waals surface area contributed by atoms with Gasteiger partial charge >= 0.3 is 0 Å². The van der Waals surface area contributed by atoms with Crippen molar-refractivity contribution in [2.45, 2.75) is 13.8 Å². The molecule has 0 N–H and O–H groups in total. The van der Waals surface area contributed by atoms with Gasteiger partial charge in [0, 0.05) is 11.6 Å². The number of hydrogen-bond donors (Lipinski definition) is 0. The Bertz CT molecular complexity index is 777. The Morgan fingerprint density at radius 2 is 2.06 bits per heavy atom. The van der Waals surface area contributed by atoms with Crippen molar-refractivity contribution in [3.05, 3.63) is 41.5 Å². The summed E-state index contributed by atoms with van der Waals surface area (Å²) in [4.78, 5) is 9.00. The van der Waals surface area contributed by atoms with Crippen molar-refractivity contribution in [3.8, 4) is 6.07 Å². The molecule has 0 radical (unpaired) electrons. The lowest BCUT2D eigenvalue weighted by atomic mass is 10.1. The minimum absolute atomic E-state index is 0.622. The Labute approximate surface area is 98.2 Å². The van der Waals surface area contributed by atoms with Crippen molar-refractivity contribution in [2.24, 2.45) is 0 Å². The lowest BCUT2D eigenvalue weighted by Gasteiger charge is -2.03. The van der Waals surface area contributed by atoms with Crippen LogP contribution in [0.4, 0.5) is 0 Å². The van der Waals surface area contributed by atoms with Gasteiger partial charge in [0.15, 0.2) is 0 Å². The first-order chi connectivity index (χ1) is 8.19. The van der Waals surface area contributed by atoms with Crippen molar-refractivity contribution >= 4 is 16.6 Å². The normalized spacial score (nSPS) is 10.9. The number of nitrogens with zero attached hydrogens (tertiary/aromatic N) is 4. The van der Waals surface area contributed by atoms with Gasteiger partial charge in [-0.2, -0.15) is 5.26 Å². The van der Waals surface area contributed by atoms with Gasteiger partial charge in [-0.15, -0.1) is 0 Å². The minimum Gasteiger partial charge on any atom is -0.287 e. The Balaban J connectivity index is 2.52. The topological polar surface area (TPSA) is 54.0 Å². The highest BCUT2D eigenvalue weighted by atomic mass is 15.1. The molecule has 0 amide bonds. The predicted molar refractivity (Wildman–Crippen MR) is 64.7 cm³/mol. The van der Waals surface area contributed by atoms with Crippen LogP contribution in [-0.4, -0.2) is 14.4 Å². The summed E-state index contributed by atoms with van der Waals surface area (Å²) < 4.78 is 1.98. The molecular formula is C13H10N4. The fourth-order valence-corrected chi connectivity index (χ4v) is 2.05. The van der Waals surface area contributed by atoms with E-state index in [1.54, 1.807) is 12.1 Å². The molecule has 3 rings (SSSR count). The van der Waals surface area contributed by atoms with E-state index in [1.807, 2.05) is 30.5 Å². The Hall–Kier alpha value is -2.41. The highest BCUT2D eigenvalue weighted by Crippen LogP contribution is 2.20. The molecule has 0 saturated heterocycles. The summed E-state index contributed by atoms with van der Waals surface area (Å²) in [5.74, 6) is 0.878. The van der Waals surface area contributed by atoms with E-state index in [2.05, 4.69) is 16.0 Å². The minimum atomic E-state index is 0.622. The second-order valence-electron chi connectivity index (χ2n) is 4.08. The van der Waals surface area contributed by atoms with Crippen LogP contribution < -0.4 is 0 Å². The molecule has 17 heavy (non-hydrogen) atoms. The molecule has 2 heterocycles. The molecule has 0 fully saturated rings. The average Bonchev–Trinajstić information content (AvgIpc) is 2.71. The third-order valence-corrected chi connectivity index (χ3v) is 2.83. The molecule has 4 nitrogen and oxygen atoms in total. The van der Waals surface area contributed by atoms with Gasteiger partial charge in [-0.25, -0.2) is 9.97 Å². The first kappa shape index (κ1) is 9.79. The Morgan fingerprint density at radius 3 is 2.82 bits per heavy atom. The van der Waals surface area contributed by atoms with E-state index in [-0.39, 0.29) is 0 Å². The summed E-state index contributed by atoms with van der Waals surface area (Å²) in [7, 11) is 0. The summed E-state index contributed by atoms with van der Waals surface area (Å²) >= 11 is 0. The molecule has 0 unspecified atom stereocenters. The van der Waals surface area contributed by atoms with Crippen LogP contribution in [-0.2, 0) is 0 Å². The van der Waals surface area contributed by atoms with E-state index >= 15 is 0 Å². The lowest BCUT2D eigenvalue weighted by molar-refractivity contribution is 1.01. The highest BCUT2D eigenvalue weighted by Gasteiger charge is 2.08. The maximum Gasteiger partial charge on any atom is 0.147 e. The lowest BCUT2D eigenvalue weighted by Crippen LogP contribution is -1.96. The van der Waals surface area contributed by atoms with Gasteiger partial charge in [-0.1, -0.05) is 0 Å². The zero-order chi connectivity index (χ0) is 12.0. The van der Waals surface area contributed by atoms with Crippen molar-refractivity contribution in [1.82, 2.24) is 14.4 Å². The van der Waals surface area contributed by atoms with Crippen LogP contribution in [0.1, 0.15) is 17.1 Å². The van der Waals surface area contributed by atoms with E-state index in [0.29, 0.717) is 5.56 Å². The predicted octanol–water partition coefficient (Wildman–Crippen LogP) is 2.37. The van der Waals surface area contributed by atoms with Crippen molar-refractivity contribution < 1.29 is 0 Å². The number of aromatic nitrogens is 3. The number of nitriles is 1. The number of aryl methyl sites for hydroxylation is 2. The molecule has 4 heteroatoms. The second kappa shape index (κ2) is 3.29. The van der Waals surface area contributed by atoms with Gasteiger partial charge in [0.05, 0.1) is 22.8 Å². The molecule has 82 valence electrons. The largest absolute Gasteiger partial charge is 0.287 e. The van der Waals surface area contributed by atoms with E-state index in [4.69, 9.17) is 5.26 Å². The third kappa shape index (κ3) is 1.36. The van der Waals surface area contributed by atoms with E-state index < -0.39 is 0 Å². The fourth-order valence-electron chi connectivity index (χ4n) is 2.05. The summed E-state index contributed by atoms with van der Waals surface area (Å²) in [5, 5.41) is 9.86. The summed E-state index contributed by atoms with van der Waals surface area (Å²) in [6, 6.07) is 7.62. The molecule has 0 atom stereocenters. The number of rotatable bonds is 0. The van der Waals surface area contributed by atoms with E-state index in [9.17, 15) is 0 Å². The fraction of sp³-hybridized carbons (Fsp3) is 0.154. The molecule has 0 bridgehead atoms. The van der Waals surface area contributed by atoms with Crippen molar-refractivity contribution in [1.29, 1.82) is 5.26 Å². The molecule has 0 aliphatic carbocycles. The first-order valence-electron chi connectivity index (χ1n) is 5.35. The second-order valence-corrected chi connectivity index (χ2v) is 4.08. The van der Waals surface area contributed by atoms with Crippen LogP contribution in [0.5, 0.6) is 0 Å². The molecular weight excluding hydrogens is 212 g/mol. The summed E-state index contributed by atoms with van der Waals surface area (Å²) in [6.07, 6.45) is 1.97. The van der Waals surface area contributed by atoms with Crippen LogP contribution >= 0.6 is 0 Å². The monoisotopic (exact) mass is 222 g/mol.